The van der Waals surface area contributed by atoms with Crippen LogP contribution in [0.15, 0.2) is 0 Å². The Bertz CT molecular complexity index is 244. The summed E-state index contributed by atoms with van der Waals surface area (Å²) in [5, 5.41) is 0. The molecule has 0 heterocycles. The zero-order valence-corrected chi connectivity index (χ0v) is 10.1. The quantitative estimate of drug-likeness (QED) is 0.458. The summed E-state index contributed by atoms with van der Waals surface area (Å²) in [6.07, 6.45) is -4.55. The van der Waals surface area contributed by atoms with Gasteiger partial charge in [-0.05, 0) is 31.6 Å². The predicted octanol–water partition coefficient (Wildman–Crippen LogP) is 3.38. The second kappa shape index (κ2) is 6.14. The molecule has 0 aromatic rings. The van der Waals surface area contributed by atoms with E-state index in [0.717, 1.165) is 0 Å². The molecule has 1 aliphatic rings. The van der Waals surface area contributed by atoms with Crippen molar-refractivity contribution in [3.8, 4) is 0 Å². The molecule has 1 unspecified atom stereocenters. The number of halogens is 5. The first-order valence-corrected chi connectivity index (χ1v) is 6.14. The highest BCUT2D eigenvalue weighted by Gasteiger charge is 2.37. The lowest BCUT2D eigenvalue weighted by Crippen LogP contribution is -2.43. The van der Waals surface area contributed by atoms with E-state index in [2.05, 4.69) is 5.43 Å². The third-order valence-electron chi connectivity index (χ3n) is 3.52. The molecule has 2 nitrogen and oxygen atoms in total. The van der Waals surface area contributed by atoms with Gasteiger partial charge in [0.1, 0.15) is 0 Å². The van der Waals surface area contributed by atoms with E-state index in [4.69, 9.17) is 5.84 Å². The Morgan fingerprint density at radius 1 is 1.22 bits per heavy atom. The van der Waals surface area contributed by atoms with Gasteiger partial charge in [0, 0.05) is 25.3 Å². The molecular formula is C11H19F5N2. The normalized spacial score (nSPS) is 23.0. The molecule has 0 radical (unpaired) electrons. The van der Waals surface area contributed by atoms with Crippen LogP contribution >= 0.6 is 0 Å². The molecule has 0 amide bonds. The van der Waals surface area contributed by atoms with Crippen LogP contribution in [0.4, 0.5) is 22.0 Å². The lowest BCUT2D eigenvalue weighted by molar-refractivity contribution is -0.136. The fraction of sp³-hybridized carbons (Fsp3) is 1.00. The summed E-state index contributed by atoms with van der Waals surface area (Å²) in [7, 11) is 0. The maximum absolute atomic E-state index is 13.0. The van der Waals surface area contributed by atoms with Gasteiger partial charge < -0.3 is 0 Å². The summed E-state index contributed by atoms with van der Waals surface area (Å²) in [4.78, 5) is 0. The molecule has 0 aromatic carbocycles. The summed E-state index contributed by atoms with van der Waals surface area (Å²) >= 11 is 0. The van der Waals surface area contributed by atoms with E-state index in [1.54, 1.807) is 0 Å². The van der Waals surface area contributed by atoms with Crippen LogP contribution in [0.5, 0.6) is 0 Å². The minimum atomic E-state index is -4.17. The number of nitrogens with one attached hydrogen (secondary N) is 1. The third-order valence-corrected chi connectivity index (χ3v) is 3.52. The first-order chi connectivity index (χ1) is 8.23. The van der Waals surface area contributed by atoms with Gasteiger partial charge in [0.2, 0.25) is 5.92 Å². The van der Waals surface area contributed by atoms with Crippen LogP contribution in [0.3, 0.4) is 0 Å². The van der Waals surface area contributed by atoms with Gasteiger partial charge in [0.05, 0.1) is 0 Å². The highest BCUT2D eigenvalue weighted by molar-refractivity contribution is 4.84. The van der Waals surface area contributed by atoms with Crippen LogP contribution in [0.2, 0.25) is 0 Å². The minimum absolute atomic E-state index is 0.0226. The second-order valence-corrected chi connectivity index (χ2v) is 4.97. The molecule has 3 N–H and O–H groups in total. The average molecular weight is 274 g/mol. The Morgan fingerprint density at radius 3 is 2.22 bits per heavy atom. The molecule has 108 valence electrons. The lowest BCUT2D eigenvalue weighted by atomic mass is 9.80. The van der Waals surface area contributed by atoms with Gasteiger partial charge in [0.25, 0.3) is 0 Å². The molecule has 0 saturated heterocycles. The van der Waals surface area contributed by atoms with Crippen molar-refractivity contribution in [3.05, 3.63) is 0 Å². The van der Waals surface area contributed by atoms with E-state index in [9.17, 15) is 22.0 Å². The molecule has 1 atom stereocenters. The first kappa shape index (κ1) is 15.6. The second-order valence-electron chi connectivity index (χ2n) is 4.97. The van der Waals surface area contributed by atoms with Crippen molar-refractivity contribution in [1.82, 2.24) is 5.43 Å². The molecule has 0 aliphatic heterocycles. The van der Waals surface area contributed by atoms with Gasteiger partial charge in [0.15, 0.2) is 0 Å². The SMILES string of the molecule is NNC(CCCC(F)(F)F)C1CCC(F)(F)CC1. The summed E-state index contributed by atoms with van der Waals surface area (Å²) < 4.78 is 61.9. The van der Waals surface area contributed by atoms with E-state index in [1.807, 2.05) is 0 Å². The zero-order chi connectivity index (χ0) is 13.8. The van der Waals surface area contributed by atoms with Crippen molar-refractivity contribution in [2.75, 3.05) is 0 Å². The van der Waals surface area contributed by atoms with Crippen molar-refractivity contribution in [2.24, 2.45) is 11.8 Å². The summed E-state index contributed by atoms with van der Waals surface area (Å²) in [6.45, 7) is 0. The van der Waals surface area contributed by atoms with Crippen molar-refractivity contribution in [1.29, 1.82) is 0 Å². The molecule has 7 heteroatoms. The van der Waals surface area contributed by atoms with E-state index in [1.165, 1.54) is 0 Å². The van der Waals surface area contributed by atoms with E-state index in [-0.39, 0.29) is 37.6 Å². The fourth-order valence-electron chi connectivity index (χ4n) is 2.44. The van der Waals surface area contributed by atoms with Gasteiger partial charge in [-0.1, -0.05) is 0 Å². The predicted molar refractivity (Wildman–Crippen MR) is 57.9 cm³/mol. The highest BCUT2D eigenvalue weighted by Crippen LogP contribution is 2.38. The van der Waals surface area contributed by atoms with Crippen LogP contribution in [0, 0.1) is 5.92 Å². The number of hydrogen-bond acceptors (Lipinski definition) is 2. The van der Waals surface area contributed by atoms with Crippen LogP contribution < -0.4 is 11.3 Å². The van der Waals surface area contributed by atoms with Crippen molar-refractivity contribution < 1.29 is 22.0 Å². The van der Waals surface area contributed by atoms with E-state index >= 15 is 0 Å². The molecule has 0 bridgehead atoms. The number of alkyl halides is 5. The van der Waals surface area contributed by atoms with E-state index in [0.29, 0.717) is 12.8 Å². The molecule has 1 saturated carbocycles. The maximum atomic E-state index is 13.0. The number of hydrazine groups is 1. The summed E-state index contributed by atoms with van der Waals surface area (Å²) in [6, 6.07) is -0.302. The summed E-state index contributed by atoms with van der Waals surface area (Å²) in [5.41, 5.74) is 2.47. The Morgan fingerprint density at radius 2 is 1.78 bits per heavy atom. The Labute approximate surface area is 103 Å². The molecule has 0 spiro atoms. The third kappa shape index (κ3) is 5.48. The van der Waals surface area contributed by atoms with Gasteiger partial charge >= 0.3 is 6.18 Å². The number of hydrogen-bond donors (Lipinski definition) is 2. The van der Waals surface area contributed by atoms with Crippen LogP contribution in [-0.4, -0.2) is 18.1 Å². The lowest BCUT2D eigenvalue weighted by Gasteiger charge is -2.33. The smallest absolute Gasteiger partial charge is 0.271 e. The largest absolute Gasteiger partial charge is 0.389 e. The van der Waals surface area contributed by atoms with Crippen LogP contribution in [0.25, 0.3) is 0 Å². The van der Waals surface area contributed by atoms with E-state index < -0.39 is 18.5 Å². The van der Waals surface area contributed by atoms with Gasteiger partial charge in [-0.3, -0.25) is 11.3 Å². The number of nitrogens with two attached hydrogens (primary N) is 1. The fourth-order valence-corrected chi connectivity index (χ4v) is 2.44. The Balaban J connectivity index is 2.33. The Hall–Kier alpha value is -0.430. The standard InChI is InChI=1S/C11H19F5N2/c12-10(13)6-3-8(4-7-10)9(18-17)2-1-5-11(14,15)16/h8-9,18H,1-7,17H2. The van der Waals surface area contributed by atoms with Crippen molar-refractivity contribution >= 4 is 0 Å². The molecule has 0 aromatic heterocycles. The average Bonchev–Trinajstić information content (AvgIpc) is 2.24. The minimum Gasteiger partial charge on any atom is -0.271 e. The van der Waals surface area contributed by atoms with Crippen molar-refractivity contribution in [2.45, 2.75) is 63.1 Å². The van der Waals surface area contributed by atoms with Gasteiger partial charge in [-0.25, -0.2) is 8.78 Å². The molecule has 1 fully saturated rings. The molecule has 1 aliphatic carbocycles. The summed E-state index contributed by atoms with van der Waals surface area (Å²) in [5.74, 6) is 2.63. The topological polar surface area (TPSA) is 38.0 Å². The monoisotopic (exact) mass is 274 g/mol. The molecule has 1 rings (SSSR count). The van der Waals surface area contributed by atoms with Crippen molar-refractivity contribution in [3.63, 3.8) is 0 Å². The molecular weight excluding hydrogens is 255 g/mol. The number of rotatable bonds is 5. The van der Waals surface area contributed by atoms with Crippen LogP contribution in [-0.2, 0) is 0 Å². The van der Waals surface area contributed by atoms with Gasteiger partial charge in [-0.2, -0.15) is 13.2 Å². The molecule has 18 heavy (non-hydrogen) atoms. The van der Waals surface area contributed by atoms with Crippen LogP contribution in [0.1, 0.15) is 44.9 Å². The highest BCUT2D eigenvalue weighted by atomic mass is 19.4. The Kier molecular flexibility index (Phi) is 5.33. The van der Waals surface area contributed by atoms with Gasteiger partial charge in [-0.15, -0.1) is 0 Å². The maximum Gasteiger partial charge on any atom is 0.389 e. The zero-order valence-electron chi connectivity index (χ0n) is 10.1. The first-order valence-electron chi connectivity index (χ1n) is 6.14.